The van der Waals surface area contributed by atoms with Gasteiger partial charge in [-0.25, -0.2) is 0 Å². The molecule has 0 heterocycles. The molecule has 0 aromatic carbocycles. The first-order valence-corrected chi connectivity index (χ1v) is 3.78. The summed E-state index contributed by atoms with van der Waals surface area (Å²) in [5, 5.41) is 0. The molecule has 62 valence electrons. The molecule has 0 aliphatic heterocycles. The van der Waals surface area contributed by atoms with Gasteiger partial charge in [-0.05, 0) is 36.7 Å². The Morgan fingerprint density at radius 3 is 2.38 bits per heavy atom. The van der Waals surface area contributed by atoms with Crippen LogP contribution in [0.1, 0.15) is 6.92 Å². The molecule has 0 nitrogen and oxygen atoms in total. The van der Waals surface area contributed by atoms with E-state index < -0.39 is 0 Å². The Hall–Kier alpha value is -2.10. The first-order valence-electron chi connectivity index (χ1n) is 3.78. The van der Waals surface area contributed by atoms with Crippen molar-refractivity contribution >= 4 is 0 Å². The second kappa shape index (κ2) is 9.90. The van der Waals surface area contributed by atoms with Crippen molar-refractivity contribution in [1.29, 1.82) is 0 Å². The van der Waals surface area contributed by atoms with E-state index in [0.717, 1.165) is 0 Å². The van der Waals surface area contributed by atoms with E-state index in [-0.39, 0.29) is 0 Å². The molecule has 0 aromatic rings. The van der Waals surface area contributed by atoms with Gasteiger partial charge >= 0.3 is 0 Å². The van der Waals surface area contributed by atoms with Gasteiger partial charge in [-0.2, -0.15) is 0 Å². The molecule has 0 unspecified atom stereocenters. The molecule has 0 N–H and O–H groups in total. The van der Waals surface area contributed by atoms with Crippen LogP contribution in [0.15, 0.2) is 37.0 Å². The minimum absolute atomic E-state index is 1.70. The lowest BCUT2D eigenvalue weighted by Crippen LogP contribution is -1.53. The Kier molecular flexibility index (Phi) is 8.30. The van der Waals surface area contributed by atoms with Gasteiger partial charge < -0.3 is 0 Å². The average molecular weight is 166 g/mol. The van der Waals surface area contributed by atoms with Gasteiger partial charge in [0.1, 0.15) is 0 Å². The quantitative estimate of drug-likeness (QED) is 0.436. The van der Waals surface area contributed by atoms with Crippen LogP contribution in [0.4, 0.5) is 0 Å². The van der Waals surface area contributed by atoms with Crippen LogP contribution in [0.2, 0.25) is 0 Å². The number of hydrogen-bond acceptors (Lipinski definition) is 0. The molecular formula is C13H10. The van der Waals surface area contributed by atoms with Crippen LogP contribution in [0.3, 0.4) is 0 Å². The molecule has 0 atom stereocenters. The lowest BCUT2D eigenvalue weighted by Gasteiger charge is -1.66. The van der Waals surface area contributed by atoms with Crippen LogP contribution in [0, 0.1) is 35.5 Å². The topological polar surface area (TPSA) is 0 Å². The van der Waals surface area contributed by atoms with E-state index in [0.29, 0.717) is 0 Å². The molecule has 0 fully saturated rings. The van der Waals surface area contributed by atoms with Gasteiger partial charge in [0.2, 0.25) is 0 Å². The molecule has 0 saturated carbocycles. The monoisotopic (exact) mass is 166 g/mol. The standard InChI is InChI=1S/C13H10/c1-3-5-7-9-11-13-12-10-8-6-4-2/h3,5,7,9,11H,1H2,2H3/b7-5+,11-9+. The predicted molar refractivity (Wildman–Crippen MR) is 57.5 cm³/mol. The lowest BCUT2D eigenvalue weighted by atomic mass is 10.4. The molecular weight excluding hydrogens is 156 g/mol. The van der Waals surface area contributed by atoms with E-state index in [2.05, 4.69) is 42.1 Å². The normalized spacial score (nSPS) is 7.77. The Bertz CT molecular complexity index is 373. The first kappa shape index (κ1) is 10.9. The Balaban J connectivity index is 3.92. The van der Waals surface area contributed by atoms with E-state index in [1.54, 1.807) is 19.1 Å². The third kappa shape index (κ3) is 9.90. The van der Waals surface area contributed by atoms with Crippen LogP contribution in [0.5, 0.6) is 0 Å². The summed E-state index contributed by atoms with van der Waals surface area (Å²) in [4.78, 5) is 0. The molecule has 0 aromatic heterocycles. The lowest BCUT2D eigenvalue weighted by molar-refractivity contribution is 1.92. The van der Waals surface area contributed by atoms with E-state index in [1.165, 1.54) is 0 Å². The van der Waals surface area contributed by atoms with E-state index >= 15 is 0 Å². The van der Waals surface area contributed by atoms with Gasteiger partial charge in [-0.1, -0.05) is 42.7 Å². The van der Waals surface area contributed by atoms with Crippen molar-refractivity contribution in [2.45, 2.75) is 6.92 Å². The molecule has 0 heteroatoms. The fourth-order valence-electron chi connectivity index (χ4n) is 0.449. The summed E-state index contributed by atoms with van der Waals surface area (Å²) in [6, 6.07) is 0. The molecule has 0 spiro atoms. The average Bonchev–Trinajstić information content (AvgIpc) is 2.16. The number of allylic oxidation sites excluding steroid dienone is 5. The van der Waals surface area contributed by atoms with Gasteiger partial charge in [0, 0.05) is 0 Å². The molecule has 0 aliphatic rings. The number of rotatable bonds is 2. The van der Waals surface area contributed by atoms with Crippen molar-refractivity contribution in [3.8, 4) is 35.5 Å². The maximum Gasteiger partial charge on any atom is -0.000709 e. The van der Waals surface area contributed by atoms with Crippen molar-refractivity contribution in [2.75, 3.05) is 0 Å². The smallest absolute Gasteiger partial charge is 0.000709 e. The summed E-state index contributed by atoms with van der Waals surface area (Å²) in [6.07, 6.45) is 8.91. The zero-order valence-corrected chi connectivity index (χ0v) is 7.59. The van der Waals surface area contributed by atoms with Crippen molar-refractivity contribution < 1.29 is 0 Å². The summed E-state index contributed by atoms with van der Waals surface area (Å²) in [6.45, 7) is 5.27. The van der Waals surface area contributed by atoms with E-state index in [1.807, 2.05) is 18.2 Å². The van der Waals surface area contributed by atoms with E-state index in [4.69, 9.17) is 0 Å². The molecule has 13 heavy (non-hydrogen) atoms. The molecule has 0 saturated heterocycles. The highest BCUT2D eigenvalue weighted by Gasteiger charge is 1.58. The fourth-order valence-corrected chi connectivity index (χ4v) is 0.449. The maximum absolute atomic E-state index is 3.53. The summed E-state index contributed by atoms with van der Waals surface area (Å²) < 4.78 is 0. The van der Waals surface area contributed by atoms with Crippen molar-refractivity contribution in [1.82, 2.24) is 0 Å². The van der Waals surface area contributed by atoms with Crippen LogP contribution in [0.25, 0.3) is 0 Å². The number of hydrogen-bond donors (Lipinski definition) is 0. The first-order chi connectivity index (χ1) is 6.41. The highest BCUT2D eigenvalue weighted by molar-refractivity contribution is 5.37. The molecule has 0 radical (unpaired) electrons. The fraction of sp³-hybridized carbons (Fsp3) is 0.0769. The minimum Gasteiger partial charge on any atom is -0.0991 e. The Morgan fingerprint density at radius 1 is 0.923 bits per heavy atom. The van der Waals surface area contributed by atoms with Crippen molar-refractivity contribution in [3.63, 3.8) is 0 Å². The van der Waals surface area contributed by atoms with Crippen molar-refractivity contribution in [2.24, 2.45) is 0 Å². The van der Waals surface area contributed by atoms with Gasteiger partial charge in [0.25, 0.3) is 0 Å². The molecule has 0 rings (SSSR count). The highest BCUT2D eigenvalue weighted by atomic mass is 13.6. The predicted octanol–water partition coefficient (Wildman–Crippen LogP) is 2.31. The third-order valence-corrected chi connectivity index (χ3v) is 0.923. The highest BCUT2D eigenvalue weighted by Crippen LogP contribution is 1.75. The molecule has 0 amide bonds. The third-order valence-electron chi connectivity index (χ3n) is 0.923. The van der Waals surface area contributed by atoms with Gasteiger partial charge in [0.15, 0.2) is 0 Å². The zero-order chi connectivity index (χ0) is 9.78. The maximum atomic E-state index is 3.53. The van der Waals surface area contributed by atoms with Crippen LogP contribution in [-0.2, 0) is 0 Å². The SMILES string of the molecule is C=C/C=C/C=C/C#CC#CC#CC. The second-order valence-corrected chi connectivity index (χ2v) is 1.87. The Labute approximate surface area is 80.0 Å². The minimum atomic E-state index is 1.70. The molecule has 0 bridgehead atoms. The van der Waals surface area contributed by atoms with Gasteiger partial charge in [0.05, 0.1) is 0 Å². The molecule has 0 aliphatic carbocycles. The van der Waals surface area contributed by atoms with Crippen LogP contribution in [-0.4, -0.2) is 0 Å². The summed E-state index contributed by atoms with van der Waals surface area (Å²) in [7, 11) is 0. The summed E-state index contributed by atoms with van der Waals surface area (Å²) >= 11 is 0. The zero-order valence-electron chi connectivity index (χ0n) is 7.59. The van der Waals surface area contributed by atoms with Gasteiger partial charge in [-0.3, -0.25) is 0 Å². The van der Waals surface area contributed by atoms with Gasteiger partial charge in [-0.15, -0.1) is 0 Å². The van der Waals surface area contributed by atoms with Crippen LogP contribution < -0.4 is 0 Å². The second-order valence-electron chi connectivity index (χ2n) is 1.87. The summed E-state index contributed by atoms with van der Waals surface area (Å²) in [5.41, 5.74) is 0. The Morgan fingerprint density at radius 2 is 1.69 bits per heavy atom. The van der Waals surface area contributed by atoms with Crippen LogP contribution >= 0.6 is 0 Å². The van der Waals surface area contributed by atoms with Crippen molar-refractivity contribution in [3.05, 3.63) is 37.0 Å². The largest absolute Gasteiger partial charge is 0.0991 e. The summed E-state index contributed by atoms with van der Waals surface area (Å²) in [5.74, 6) is 15.8. The van der Waals surface area contributed by atoms with E-state index in [9.17, 15) is 0 Å².